The molecule has 0 bridgehead atoms. The van der Waals surface area contributed by atoms with E-state index in [0.29, 0.717) is 16.3 Å². The summed E-state index contributed by atoms with van der Waals surface area (Å²) in [5.74, 6) is -2.25. The predicted molar refractivity (Wildman–Crippen MR) is 103 cm³/mol. The van der Waals surface area contributed by atoms with Crippen LogP contribution in [0.5, 0.6) is 0 Å². The molecule has 2 saturated heterocycles. The highest BCUT2D eigenvalue weighted by Gasteiger charge is 2.69. The van der Waals surface area contributed by atoms with E-state index in [-0.39, 0.29) is 30.3 Å². The zero-order valence-electron chi connectivity index (χ0n) is 15.1. The Morgan fingerprint density at radius 1 is 1.04 bits per heavy atom. The molecule has 2 aromatic carbocycles. The second kappa shape index (κ2) is 5.90. The summed E-state index contributed by atoms with van der Waals surface area (Å²) in [5.41, 5.74) is 0.886. The molecule has 3 amide bonds. The maximum absolute atomic E-state index is 13.4. The third kappa shape index (κ3) is 2.10. The molecule has 0 unspecified atom stereocenters. The van der Waals surface area contributed by atoms with Gasteiger partial charge in [-0.05, 0) is 24.6 Å². The van der Waals surface area contributed by atoms with Crippen molar-refractivity contribution in [3.63, 3.8) is 0 Å². The first-order chi connectivity index (χ1) is 13.4. The van der Waals surface area contributed by atoms with Crippen molar-refractivity contribution in [1.82, 2.24) is 10.2 Å². The molecule has 5 rings (SSSR count). The van der Waals surface area contributed by atoms with Crippen molar-refractivity contribution in [3.05, 3.63) is 64.7 Å². The second-order valence-corrected chi connectivity index (χ2v) is 8.01. The van der Waals surface area contributed by atoms with Crippen molar-refractivity contribution in [1.29, 1.82) is 0 Å². The SMILES string of the molecule is C[C@@H]1N[C@]2(C(=O)Nc3ccccc32)[C@H]2C(=O)N(Cc3ccccc3Cl)C(=O)[C@H]12. The van der Waals surface area contributed by atoms with Gasteiger partial charge in [0, 0.05) is 22.3 Å². The van der Waals surface area contributed by atoms with Crippen LogP contribution in [-0.2, 0) is 26.5 Å². The highest BCUT2D eigenvalue weighted by molar-refractivity contribution is 6.31. The number of hydrogen-bond donors (Lipinski definition) is 2. The molecule has 7 heteroatoms. The lowest BCUT2D eigenvalue weighted by molar-refractivity contribution is -0.143. The van der Waals surface area contributed by atoms with Gasteiger partial charge in [-0.25, -0.2) is 0 Å². The average Bonchev–Trinajstić information content (AvgIpc) is 3.23. The molecule has 142 valence electrons. The van der Waals surface area contributed by atoms with Crippen LogP contribution >= 0.6 is 11.6 Å². The minimum Gasteiger partial charge on any atom is -0.324 e. The molecule has 0 aromatic heterocycles. The van der Waals surface area contributed by atoms with Crippen LogP contribution in [0.15, 0.2) is 48.5 Å². The summed E-state index contributed by atoms with van der Waals surface area (Å²) in [6, 6.07) is 14.2. The number of fused-ring (bicyclic) bond motifs is 4. The molecule has 4 atom stereocenters. The zero-order chi connectivity index (χ0) is 19.6. The van der Waals surface area contributed by atoms with Crippen LogP contribution in [0.3, 0.4) is 0 Å². The summed E-state index contributed by atoms with van der Waals surface area (Å²) in [7, 11) is 0. The fourth-order valence-corrected chi connectivity index (χ4v) is 5.13. The highest BCUT2D eigenvalue weighted by atomic mass is 35.5. The highest BCUT2D eigenvalue weighted by Crippen LogP contribution is 2.52. The third-order valence-electron chi connectivity index (χ3n) is 6.15. The van der Waals surface area contributed by atoms with Gasteiger partial charge in [-0.2, -0.15) is 0 Å². The molecule has 3 aliphatic heterocycles. The van der Waals surface area contributed by atoms with Crippen LogP contribution in [0.1, 0.15) is 18.1 Å². The predicted octanol–water partition coefficient (Wildman–Crippen LogP) is 2.28. The Balaban J connectivity index is 1.58. The molecule has 2 aromatic rings. The van der Waals surface area contributed by atoms with Crippen LogP contribution in [0.2, 0.25) is 5.02 Å². The molecule has 3 heterocycles. The summed E-state index contributed by atoms with van der Waals surface area (Å²) in [6.07, 6.45) is 0. The monoisotopic (exact) mass is 395 g/mol. The minimum atomic E-state index is -1.22. The molecule has 3 aliphatic rings. The number of benzene rings is 2. The normalized spacial score (nSPS) is 30.7. The molecule has 2 N–H and O–H groups in total. The number of amides is 3. The Morgan fingerprint density at radius 2 is 1.75 bits per heavy atom. The van der Waals surface area contributed by atoms with E-state index in [1.165, 1.54) is 4.90 Å². The maximum atomic E-state index is 13.4. The number of imide groups is 1. The summed E-state index contributed by atoms with van der Waals surface area (Å²) in [5, 5.41) is 6.66. The van der Waals surface area contributed by atoms with Gasteiger partial charge in [0.25, 0.3) is 0 Å². The Morgan fingerprint density at radius 3 is 2.54 bits per heavy atom. The number of carbonyl (C=O) groups is 3. The van der Waals surface area contributed by atoms with Crippen molar-refractivity contribution in [2.45, 2.75) is 25.0 Å². The maximum Gasteiger partial charge on any atom is 0.250 e. The van der Waals surface area contributed by atoms with Gasteiger partial charge < -0.3 is 5.32 Å². The van der Waals surface area contributed by atoms with Crippen LogP contribution in [0.25, 0.3) is 0 Å². The topological polar surface area (TPSA) is 78.5 Å². The van der Waals surface area contributed by atoms with E-state index >= 15 is 0 Å². The number of nitrogens with one attached hydrogen (secondary N) is 2. The van der Waals surface area contributed by atoms with Crippen molar-refractivity contribution < 1.29 is 14.4 Å². The lowest BCUT2D eigenvalue weighted by Crippen LogP contribution is -2.52. The van der Waals surface area contributed by atoms with Crippen molar-refractivity contribution in [2.24, 2.45) is 11.8 Å². The van der Waals surface area contributed by atoms with Gasteiger partial charge in [0.15, 0.2) is 0 Å². The summed E-state index contributed by atoms with van der Waals surface area (Å²) < 4.78 is 0. The number of likely N-dealkylation sites (tertiary alicyclic amines) is 1. The summed E-state index contributed by atoms with van der Waals surface area (Å²) >= 11 is 6.23. The van der Waals surface area contributed by atoms with Crippen LogP contribution in [-0.4, -0.2) is 28.7 Å². The molecule has 0 aliphatic carbocycles. The zero-order valence-corrected chi connectivity index (χ0v) is 15.9. The smallest absolute Gasteiger partial charge is 0.250 e. The first-order valence-corrected chi connectivity index (χ1v) is 9.60. The van der Waals surface area contributed by atoms with E-state index in [4.69, 9.17) is 11.6 Å². The number of halogens is 1. The number of rotatable bonds is 2. The third-order valence-corrected chi connectivity index (χ3v) is 6.52. The van der Waals surface area contributed by atoms with Gasteiger partial charge in [-0.15, -0.1) is 0 Å². The number of hydrogen-bond acceptors (Lipinski definition) is 4. The first-order valence-electron chi connectivity index (χ1n) is 9.22. The fraction of sp³-hybridized carbons (Fsp3) is 0.286. The standard InChI is InChI=1S/C21H18ClN3O3/c1-11-16-17(21(24-11)13-7-3-5-9-15(13)23-20(21)28)19(27)25(18(16)26)10-12-6-2-4-8-14(12)22/h2-9,11,16-17,24H,10H2,1H3,(H,23,28)/t11-,16+,17+,21-/m0/s1. The second-order valence-electron chi connectivity index (χ2n) is 7.60. The molecule has 2 fully saturated rings. The van der Waals surface area contributed by atoms with Gasteiger partial charge in [0.2, 0.25) is 17.7 Å². The fourth-order valence-electron chi connectivity index (χ4n) is 4.93. The van der Waals surface area contributed by atoms with Gasteiger partial charge in [0.1, 0.15) is 5.54 Å². The van der Waals surface area contributed by atoms with Crippen molar-refractivity contribution >= 4 is 35.0 Å². The van der Waals surface area contributed by atoms with Gasteiger partial charge in [-0.1, -0.05) is 48.0 Å². The van der Waals surface area contributed by atoms with Crippen LogP contribution in [0.4, 0.5) is 5.69 Å². The quantitative estimate of drug-likeness (QED) is 0.765. The van der Waals surface area contributed by atoms with Crippen LogP contribution in [0, 0.1) is 11.8 Å². The van der Waals surface area contributed by atoms with E-state index < -0.39 is 17.4 Å². The van der Waals surface area contributed by atoms with Crippen LogP contribution < -0.4 is 10.6 Å². The first kappa shape index (κ1) is 17.4. The van der Waals surface area contributed by atoms with E-state index in [0.717, 1.165) is 5.56 Å². The Bertz CT molecular complexity index is 1040. The molecule has 28 heavy (non-hydrogen) atoms. The molecule has 6 nitrogen and oxygen atoms in total. The summed E-state index contributed by atoms with van der Waals surface area (Å²) in [6.45, 7) is 1.96. The number of anilines is 1. The lowest BCUT2D eigenvalue weighted by Gasteiger charge is -2.29. The lowest BCUT2D eigenvalue weighted by atomic mass is 9.76. The van der Waals surface area contributed by atoms with Gasteiger partial charge in [-0.3, -0.25) is 24.6 Å². The van der Waals surface area contributed by atoms with Gasteiger partial charge in [0.05, 0.1) is 18.4 Å². The Labute approximate surface area is 166 Å². The molecule has 0 radical (unpaired) electrons. The Hall–Kier alpha value is -2.70. The molecule has 1 spiro atoms. The van der Waals surface area contributed by atoms with E-state index in [1.807, 2.05) is 37.3 Å². The van der Waals surface area contributed by atoms with Crippen molar-refractivity contribution in [2.75, 3.05) is 5.32 Å². The van der Waals surface area contributed by atoms with Gasteiger partial charge >= 0.3 is 0 Å². The largest absolute Gasteiger partial charge is 0.324 e. The molecule has 0 saturated carbocycles. The van der Waals surface area contributed by atoms with E-state index in [9.17, 15) is 14.4 Å². The molecular weight excluding hydrogens is 378 g/mol. The number of nitrogens with zero attached hydrogens (tertiary/aromatic N) is 1. The van der Waals surface area contributed by atoms with E-state index in [1.54, 1.807) is 18.2 Å². The van der Waals surface area contributed by atoms with Crippen molar-refractivity contribution in [3.8, 4) is 0 Å². The minimum absolute atomic E-state index is 0.108. The average molecular weight is 396 g/mol. The number of carbonyl (C=O) groups excluding carboxylic acids is 3. The summed E-state index contributed by atoms with van der Waals surface area (Å²) in [4.78, 5) is 40.9. The van der Waals surface area contributed by atoms with E-state index in [2.05, 4.69) is 10.6 Å². The number of para-hydroxylation sites is 1. The molecular formula is C21H18ClN3O3. The Kier molecular flexibility index (Phi) is 3.66.